The van der Waals surface area contributed by atoms with Crippen molar-refractivity contribution in [2.45, 2.75) is 6.42 Å². The van der Waals surface area contributed by atoms with E-state index in [1.807, 2.05) is 84.9 Å². The summed E-state index contributed by atoms with van der Waals surface area (Å²) in [7, 11) is 1.61. The number of aromatic hydroxyl groups is 1. The van der Waals surface area contributed by atoms with Crippen molar-refractivity contribution in [2.24, 2.45) is 0 Å². The average molecular weight is 450 g/mol. The van der Waals surface area contributed by atoms with E-state index in [-0.39, 0.29) is 17.7 Å². The molecule has 0 aliphatic carbocycles. The molecular formula is C28H23N3O3. The van der Waals surface area contributed by atoms with Gasteiger partial charge in [0.05, 0.1) is 12.8 Å². The Bertz CT molecular complexity index is 1510. The summed E-state index contributed by atoms with van der Waals surface area (Å²) < 4.78 is 5.21. The van der Waals surface area contributed by atoms with Crippen LogP contribution in [0.4, 0.5) is 11.6 Å². The van der Waals surface area contributed by atoms with Gasteiger partial charge in [-0.05, 0) is 41.1 Å². The molecule has 168 valence electrons. The summed E-state index contributed by atoms with van der Waals surface area (Å²) in [5.74, 6) is 1.22. The number of nitrogens with zero attached hydrogens (tertiary/aromatic N) is 1. The number of methoxy groups -OCH3 is 1. The highest BCUT2D eigenvalue weighted by Crippen LogP contribution is 2.31. The highest BCUT2D eigenvalue weighted by atomic mass is 16.5. The van der Waals surface area contributed by atoms with E-state index in [1.165, 1.54) is 0 Å². The molecule has 0 amide bonds. The predicted octanol–water partition coefficient (Wildman–Crippen LogP) is 5.64. The molecule has 0 unspecified atom stereocenters. The number of rotatable bonds is 6. The number of ether oxygens (including phenoxy) is 1. The van der Waals surface area contributed by atoms with Crippen molar-refractivity contribution < 1.29 is 9.84 Å². The second kappa shape index (κ2) is 9.11. The smallest absolute Gasteiger partial charge is 0.256 e. The molecule has 5 rings (SSSR count). The maximum atomic E-state index is 13.3. The van der Waals surface area contributed by atoms with Crippen LogP contribution in [-0.4, -0.2) is 22.2 Å². The van der Waals surface area contributed by atoms with Gasteiger partial charge in [-0.3, -0.25) is 9.78 Å². The Morgan fingerprint density at radius 3 is 2.38 bits per heavy atom. The Morgan fingerprint density at radius 1 is 0.882 bits per heavy atom. The van der Waals surface area contributed by atoms with Crippen LogP contribution in [0.1, 0.15) is 11.1 Å². The molecule has 3 N–H and O–H groups in total. The lowest BCUT2D eigenvalue weighted by Gasteiger charge is -2.14. The fraction of sp³-hybridized carbons (Fsp3) is 0.0714. The van der Waals surface area contributed by atoms with Crippen molar-refractivity contribution >= 4 is 22.4 Å². The summed E-state index contributed by atoms with van der Waals surface area (Å²) in [6.07, 6.45) is 0.239. The Kier molecular flexibility index (Phi) is 5.70. The van der Waals surface area contributed by atoms with E-state index >= 15 is 0 Å². The SMILES string of the molecule is COc1ccc(Nc2nc(-c3ccccc3)c(Cc3c(O)ccc4ccccc34)c(=O)[nH]2)cc1. The molecule has 0 fully saturated rings. The number of aromatic amines is 1. The Labute approximate surface area is 196 Å². The van der Waals surface area contributed by atoms with Crippen LogP contribution in [0.5, 0.6) is 11.5 Å². The molecule has 0 atom stereocenters. The normalized spacial score (nSPS) is 10.9. The number of anilines is 2. The van der Waals surface area contributed by atoms with Crippen molar-refractivity contribution in [2.75, 3.05) is 12.4 Å². The molecule has 6 heteroatoms. The first kappa shape index (κ1) is 21.3. The van der Waals surface area contributed by atoms with Gasteiger partial charge >= 0.3 is 0 Å². The molecule has 1 aromatic heterocycles. The van der Waals surface area contributed by atoms with E-state index in [0.29, 0.717) is 22.8 Å². The van der Waals surface area contributed by atoms with E-state index in [9.17, 15) is 9.90 Å². The second-order valence-electron chi connectivity index (χ2n) is 7.92. The zero-order chi connectivity index (χ0) is 23.5. The highest BCUT2D eigenvalue weighted by Gasteiger charge is 2.17. The van der Waals surface area contributed by atoms with Crippen LogP contribution in [0.25, 0.3) is 22.0 Å². The molecule has 6 nitrogen and oxygen atoms in total. The van der Waals surface area contributed by atoms with E-state index in [1.54, 1.807) is 13.2 Å². The Balaban J connectivity index is 1.61. The zero-order valence-corrected chi connectivity index (χ0v) is 18.6. The van der Waals surface area contributed by atoms with Crippen LogP contribution in [0.2, 0.25) is 0 Å². The summed E-state index contributed by atoms with van der Waals surface area (Å²) in [5.41, 5.74) is 3.06. The maximum Gasteiger partial charge on any atom is 0.256 e. The Morgan fingerprint density at radius 2 is 1.62 bits per heavy atom. The van der Waals surface area contributed by atoms with Crippen molar-refractivity contribution in [3.8, 4) is 22.8 Å². The van der Waals surface area contributed by atoms with Crippen LogP contribution in [0.3, 0.4) is 0 Å². The molecule has 4 aromatic carbocycles. The number of H-pyrrole nitrogens is 1. The van der Waals surface area contributed by atoms with Gasteiger partial charge in [-0.1, -0.05) is 60.7 Å². The van der Waals surface area contributed by atoms with Gasteiger partial charge < -0.3 is 15.2 Å². The van der Waals surface area contributed by atoms with Crippen molar-refractivity contribution in [3.63, 3.8) is 0 Å². The van der Waals surface area contributed by atoms with Gasteiger partial charge in [0.2, 0.25) is 5.95 Å². The molecule has 0 radical (unpaired) electrons. The first-order valence-electron chi connectivity index (χ1n) is 10.9. The van der Waals surface area contributed by atoms with Crippen LogP contribution >= 0.6 is 0 Å². The van der Waals surface area contributed by atoms with Crippen molar-refractivity contribution in [1.82, 2.24) is 9.97 Å². The zero-order valence-electron chi connectivity index (χ0n) is 18.6. The van der Waals surface area contributed by atoms with Crippen molar-refractivity contribution in [3.05, 3.63) is 112 Å². The molecule has 0 aliphatic rings. The molecular weight excluding hydrogens is 426 g/mol. The third-order valence-corrected chi connectivity index (χ3v) is 5.78. The lowest BCUT2D eigenvalue weighted by atomic mass is 9.95. The number of hydrogen-bond donors (Lipinski definition) is 3. The van der Waals surface area contributed by atoms with E-state index in [4.69, 9.17) is 9.72 Å². The summed E-state index contributed by atoms with van der Waals surface area (Å²) in [6, 6.07) is 28.3. The first-order chi connectivity index (χ1) is 16.6. The van der Waals surface area contributed by atoms with Gasteiger partial charge in [0.15, 0.2) is 0 Å². The largest absolute Gasteiger partial charge is 0.508 e. The fourth-order valence-corrected chi connectivity index (χ4v) is 4.05. The predicted molar refractivity (Wildman–Crippen MR) is 135 cm³/mol. The minimum Gasteiger partial charge on any atom is -0.508 e. The molecule has 0 saturated heterocycles. The minimum absolute atomic E-state index is 0.151. The number of fused-ring (bicyclic) bond motifs is 1. The number of hydrogen-bond acceptors (Lipinski definition) is 5. The molecule has 34 heavy (non-hydrogen) atoms. The third kappa shape index (κ3) is 4.21. The molecule has 0 saturated carbocycles. The van der Waals surface area contributed by atoms with Crippen molar-refractivity contribution in [1.29, 1.82) is 0 Å². The van der Waals surface area contributed by atoms with Gasteiger partial charge in [0.25, 0.3) is 5.56 Å². The van der Waals surface area contributed by atoms with E-state index in [2.05, 4.69) is 10.3 Å². The van der Waals surface area contributed by atoms with Gasteiger partial charge in [-0.2, -0.15) is 0 Å². The third-order valence-electron chi connectivity index (χ3n) is 5.78. The van der Waals surface area contributed by atoms with Gasteiger partial charge in [0, 0.05) is 28.8 Å². The highest BCUT2D eigenvalue weighted by molar-refractivity contribution is 5.88. The first-order valence-corrected chi connectivity index (χ1v) is 10.9. The molecule has 0 aliphatic heterocycles. The summed E-state index contributed by atoms with van der Waals surface area (Å²) >= 11 is 0. The number of aromatic nitrogens is 2. The molecule has 5 aromatic rings. The number of phenolic OH excluding ortho intramolecular Hbond substituents is 1. The van der Waals surface area contributed by atoms with Crippen LogP contribution in [0, 0.1) is 0 Å². The standard InChI is InChI=1S/C28H23N3O3/c1-34-21-14-12-20(13-15-21)29-28-30-26(19-8-3-2-4-9-19)24(27(33)31-28)17-23-22-10-6-5-7-18(22)11-16-25(23)32/h2-16,32H,17H2,1H3,(H2,29,30,31,33). The van der Waals surface area contributed by atoms with E-state index < -0.39 is 0 Å². The number of benzene rings is 4. The number of phenols is 1. The van der Waals surface area contributed by atoms with Crippen LogP contribution in [-0.2, 0) is 6.42 Å². The topological polar surface area (TPSA) is 87.2 Å². The monoisotopic (exact) mass is 449 g/mol. The molecule has 0 spiro atoms. The number of nitrogens with one attached hydrogen (secondary N) is 2. The second-order valence-corrected chi connectivity index (χ2v) is 7.92. The fourth-order valence-electron chi connectivity index (χ4n) is 4.05. The van der Waals surface area contributed by atoms with Crippen LogP contribution in [0.15, 0.2) is 95.8 Å². The lowest BCUT2D eigenvalue weighted by Crippen LogP contribution is -2.18. The average Bonchev–Trinajstić information content (AvgIpc) is 2.87. The summed E-state index contributed by atoms with van der Waals surface area (Å²) in [6.45, 7) is 0. The quantitative estimate of drug-likeness (QED) is 0.312. The minimum atomic E-state index is -0.266. The van der Waals surface area contributed by atoms with Gasteiger partial charge in [-0.25, -0.2) is 4.98 Å². The Hall–Kier alpha value is -4.58. The maximum absolute atomic E-state index is 13.3. The lowest BCUT2D eigenvalue weighted by molar-refractivity contribution is 0.415. The van der Waals surface area contributed by atoms with E-state index in [0.717, 1.165) is 27.8 Å². The van der Waals surface area contributed by atoms with Gasteiger partial charge in [0.1, 0.15) is 11.5 Å². The molecule has 1 heterocycles. The summed E-state index contributed by atoms with van der Waals surface area (Å²) in [5, 5.41) is 15.7. The summed E-state index contributed by atoms with van der Waals surface area (Å²) in [4.78, 5) is 21.0. The van der Waals surface area contributed by atoms with Gasteiger partial charge in [-0.15, -0.1) is 0 Å². The molecule has 0 bridgehead atoms. The van der Waals surface area contributed by atoms with Crippen LogP contribution < -0.4 is 15.6 Å².